The van der Waals surface area contributed by atoms with Crippen LogP contribution in [0.15, 0.2) is 59.8 Å². The summed E-state index contributed by atoms with van der Waals surface area (Å²) < 4.78 is 1.59. The number of hydrogen-bond donors (Lipinski definition) is 0. The molecule has 88 valence electrons. The molecular weight excluding hydrogens is 224 g/mol. The van der Waals surface area contributed by atoms with Crippen molar-refractivity contribution in [1.29, 1.82) is 0 Å². The maximum atomic E-state index is 11.9. The van der Waals surface area contributed by atoms with Crippen molar-refractivity contribution >= 4 is 10.8 Å². The van der Waals surface area contributed by atoms with Gasteiger partial charge in [-0.2, -0.15) is 0 Å². The lowest BCUT2D eigenvalue weighted by atomic mass is 10.0. The van der Waals surface area contributed by atoms with Crippen molar-refractivity contribution in [3.8, 4) is 11.1 Å². The number of aromatic nitrogens is 2. The number of benzene rings is 1. The molecule has 3 heteroatoms. The van der Waals surface area contributed by atoms with E-state index in [0.717, 1.165) is 21.9 Å². The molecule has 0 N–H and O–H groups in total. The first-order valence-corrected chi connectivity index (χ1v) is 5.75. The first kappa shape index (κ1) is 10.7. The molecule has 0 aliphatic heterocycles. The van der Waals surface area contributed by atoms with Crippen LogP contribution in [0.1, 0.15) is 0 Å². The zero-order chi connectivity index (χ0) is 12.5. The van der Waals surface area contributed by atoms with Gasteiger partial charge in [-0.05, 0) is 35.2 Å². The predicted octanol–water partition coefficient (Wildman–Crippen LogP) is 2.60. The monoisotopic (exact) mass is 236 g/mol. The average Bonchev–Trinajstić information content (AvgIpc) is 2.44. The van der Waals surface area contributed by atoms with Gasteiger partial charge in [-0.25, -0.2) is 0 Å². The van der Waals surface area contributed by atoms with E-state index in [2.05, 4.69) is 4.98 Å². The molecule has 0 amide bonds. The Balaban J connectivity index is 2.25. The molecule has 0 fully saturated rings. The highest BCUT2D eigenvalue weighted by Gasteiger charge is 2.03. The maximum absolute atomic E-state index is 11.9. The molecule has 0 radical (unpaired) electrons. The fourth-order valence-corrected chi connectivity index (χ4v) is 2.06. The summed E-state index contributed by atoms with van der Waals surface area (Å²) in [4.78, 5) is 16.0. The third kappa shape index (κ3) is 1.70. The molecule has 0 saturated carbocycles. The first-order chi connectivity index (χ1) is 8.75. The Labute approximate surface area is 104 Å². The van der Waals surface area contributed by atoms with Gasteiger partial charge in [0.05, 0.1) is 0 Å². The van der Waals surface area contributed by atoms with Gasteiger partial charge in [0, 0.05) is 36.6 Å². The first-order valence-electron chi connectivity index (χ1n) is 5.75. The van der Waals surface area contributed by atoms with Crippen LogP contribution < -0.4 is 5.56 Å². The smallest absolute Gasteiger partial charge is 0.258 e. The van der Waals surface area contributed by atoms with E-state index in [-0.39, 0.29) is 5.56 Å². The van der Waals surface area contributed by atoms with Crippen LogP contribution in [0.5, 0.6) is 0 Å². The molecule has 3 aromatic rings. The van der Waals surface area contributed by atoms with Crippen molar-refractivity contribution < 1.29 is 0 Å². The van der Waals surface area contributed by atoms with Crippen LogP contribution in [-0.4, -0.2) is 9.55 Å². The van der Waals surface area contributed by atoms with Crippen LogP contribution >= 0.6 is 0 Å². The summed E-state index contributed by atoms with van der Waals surface area (Å²) >= 11 is 0. The quantitative estimate of drug-likeness (QED) is 0.651. The molecule has 0 aliphatic carbocycles. The van der Waals surface area contributed by atoms with Crippen molar-refractivity contribution in [2.75, 3.05) is 0 Å². The van der Waals surface area contributed by atoms with Gasteiger partial charge in [0.1, 0.15) is 0 Å². The minimum absolute atomic E-state index is 0.0326. The number of rotatable bonds is 1. The van der Waals surface area contributed by atoms with Gasteiger partial charge in [-0.3, -0.25) is 9.78 Å². The van der Waals surface area contributed by atoms with Crippen molar-refractivity contribution in [1.82, 2.24) is 9.55 Å². The third-order valence-electron chi connectivity index (χ3n) is 3.07. The Morgan fingerprint density at radius 3 is 2.78 bits per heavy atom. The Morgan fingerprint density at radius 1 is 1.11 bits per heavy atom. The van der Waals surface area contributed by atoms with Gasteiger partial charge in [0.2, 0.25) is 0 Å². The molecule has 2 aromatic heterocycles. The zero-order valence-electron chi connectivity index (χ0n) is 10.00. The number of hydrogen-bond acceptors (Lipinski definition) is 2. The van der Waals surface area contributed by atoms with E-state index in [1.807, 2.05) is 42.6 Å². The van der Waals surface area contributed by atoms with Crippen LogP contribution in [0.25, 0.3) is 21.9 Å². The maximum Gasteiger partial charge on any atom is 0.258 e. The molecule has 0 unspecified atom stereocenters. The molecule has 0 aliphatic rings. The van der Waals surface area contributed by atoms with E-state index >= 15 is 0 Å². The average molecular weight is 236 g/mol. The molecule has 3 rings (SSSR count). The second-order valence-corrected chi connectivity index (χ2v) is 4.28. The SMILES string of the molecule is Cn1ccc2cc(-c3cccnc3)ccc2c1=O. The van der Waals surface area contributed by atoms with Crippen LogP contribution in [0.4, 0.5) is 0 Å². The van der Waals surface area contributed by atoms with Gasteiger partial charge in [-0.1, -0.05) is 12.1 Å². The summed E-state index contributed by atoms with van der Waals surface area (Å²) in [5, 5.41) is 1.70. The number of aryl methyl sites for hydroxylation is 1. The van der Waals surface area contributed by atoms with Crippen molar-refractivity contribution in [3.63, 3.8) is 0 Å². The molecule has 0 saturated heterocycles. The zero-order valence-corrected chi connectivity index (χ0v) is 10.00. The fourth-order valence-electron chi connectivity index (χ4n) is 2.06. The van der Waals surface area contributed by atoms with Gasteiger partial charge in [0.25, 0.3) is 5.56 Å². The number of fused-ring (bicyclic) bond motifs is 1. The van der Waals surface area contributed by atoms with Crippen LogP contribution in [0.2, 0.25) is 0 Å². The standard InChI is InChI=1S/C15H12N2O/c1-17-8-6-12-9-11(4-5-14(12)15(17)18)13-3-2-7-16-10-13/h2-10H,1H3. The summed E-state index contributed by atoms with van der Waals surface area (Å²) in [5.74, 6) is 0. The van der Waals surface area contributed by atoms with Gasteiger partial charge in [-0.15, -0.1) is 0 Å². The van der Waals surface area contributed by atoms with Crippen LogP contribution in [0, 0.1) is 0 Å². The lowest BCUT2D eigenvalue weighted by Crippen LogP contribution is -2.15. The summed E-state index contributed by atoms with van der Waals surface area (Å²) in [6.07, 6.45) is 5.36. The number of pyridine rings is 2. The molecular formula is C15H12N2O. The van der Waals surface area contributed by atoms with Crippen molar-refractivity contribution in [2.24, 2.45) is 7.05 Å². The molecule has 0 bridgehead atoms. The summed E-state index contributed by atoms with van der Waals surface area (Å²) in [6, 6.07) is 11.7. The predicted molar refractivity (Wildman–Crippen MR) is 72.4 cm³/mol. The van der Waals surface area contributed by atoms with E-state index in [1.54, 1.807) is 24.0 Å². The van der Waals surface area contributed by atoms with Gasteiger partial charge < -0.3 is 4.57 Å². The number of nitrogens with zero attached hydrogens (tertiary/aromatic N) is 2. The van der Waals surface area contributed by atoms with Crippen LogP contribution in [-0.2, 0) is 7.05 Å². The van der Waals surface area contributed by atoms with Gasteiger partial charge in [0.15, 0.2) is 0 Å². The third-order valence-corrected chi connectivity index (χ3v) is 3.07. The molecule has 2 heterocycles. The fraction of sp³-hybridized carbons (Fsp3) is 0.0667. The lowest BCUT2D eigenvalue weighted by Gasteiger charge is -2.04. The van der Waals surface area contributed by atoms with E-state index in [0.29, 0.717) is 0 Å². The minimum Gasteiger partial charge on any atom is -0.318 e. The normalized spacial score (nSPS) is 10.7. The minimum atomic E-state index is 0.0326. The highest BCUT2D eigenvalue weighted by atomic mass is 16.1. The Hall–Kier alpha value is -2.42. The summed E-state index contributed by atoms with van der Waals surface area (Å²) in [7, 11) is 1.76. The molecule has 0 spiro atoms. The topological polar surface area (TPSA) is 34.9 Å². The molecule has 3 nitrogen and oxygen atoms in total. The Morgan fingerprint density at radius 2 is 2.00 bits per heavy atom. The van der Waals surface area contributed by atoms with Crippen molar-refractivity contribution in [3.05, 3.63) is 65.3 Å². The Kier molecular flexibility index (Phi) is 2.45. The molecule has 0 atom stereocenters. The summed E-state index contributed by atoms with van der Waals surface area (Å²) in [5.41, 5.74) is 2.16. The second-order valence-electron chi connectivity index (χ2n) is 4.28. The second kappa shape index (κ2) is 4.11. The van der Waals surface area contributed by atoms with Crippen LogP contribution in [0.3, 0.4) is 0 Å². The summed E-state index contributed by atoms with van der Waals surface area (Å²) in [6.45, 7) is 0. The van der Waals surface area contributed by atoms with E-state index in [4.69, 9.17) is 0 Å². The van der Waals surface area contributed by atoms with Gasteiger partial charge >= 0.3 is 0 Å². The largest absolute Gasteiger partial charge is 0.318 e. The highest BCUT2D eigenvalue weighted by molar-refractivity contribution is 5.86. The Bertz CT molecular complexity index is 760. The molecule has 1 aromatic carbocycles. The van der Waals surface area contributed by atoms with Crippen molar-refractivity contribution in [2.45, 2.75) is 0 Å². The van der Waals surface area contributed by atoms with E-state index in [9.17, 15) is 4.79 Å². The highest BCUT2D eigenvalue weighted by Crippen LogP contribution is 2.21. The van der Waals surface area contributed by atoms with E-state index in [1.165, 1.54) is 0 Å². The van der Waals surface area contributed by atoms with E-state index < -0.39 is 0 Å². The molecule has 18 heavy (non-hydrogen) atoms. The lowest BCUT2D eigenvalue weighted by molar-refractivity contribution is 0.873.